The molecule has 0 bridgehead atoms. The van der Waals surface area contributed by atoms with Gasteiger partial charge in [-0.05, 0) is 11.6 Å². The molecular formula is C10H14BrNO. The number of benzene rings is 1. The van der Waals surface area contributed by atoms with E-state index in [1.165, 1.54) is 5.56 Å². The van der Waals surface area contributed by atoms with Crippen LogP contribution in [0.5, 0.6) is 0 Å². The van der Waals surface area contributed by atoms with Gasteiger partial charge in [0, 0.05) is 24.0 Å². The van der Waals surface area contributed by atoms with Crippen molar-refractivity contribution in [3.05, 3.63) is 34.3 Å². The van der Waals surface area contributed by atoms with Gasteiger partial charge in [0.15, 0.2) is 0 Å². The number of hydrogen-bond acceptors (Lipinski definition) is 2. The van der Waals surface area contributed by atoms with E-state index in [0.29, 0.717) is 13.2 Å². The summed E-state index contributed by atoms with van der Waals surface area (Å²) >= 11 is 3.50. The van der Waals surface area contributed by atoms with Crippen molar-refractivity contribution in [3.63, 3.8) is 0 Å². The van der Waals surface area contributed by atoms with Gasteiger partial charge < -0.3 is 10.5 Å². The molecule has 0 aliphatic carbocycles. The minimum atomic E-state index is 0.278. The lowest BCUT2D eigenvalue weighted by molar-refractivity contribution is 0.181. The van der Waals surface area contributed by atoms with Gasteiger partial charge in [-0.3, -0.25) is 0 Å². The van der Waals surface area contributed by atoms with Crippen LogP contribution in [0, 0.1) is 0 Å². The van der Waals surface area contributed by atoms with Gasteiger partial charge in [0.05, 0.1) is 6.61 Å². The van der Waals surface area contributed by atoms with Gasteiger partial charge in [-0.1, -0.05) is 34.1 Å². The number of methoxy groups -OCH3 is 1. The minimum Gasteiger partial charge on any atom is -0.384 e. The second-order valence-corrected chi connectivity index (χ2v) is 3.76. The lowest BCUT2D eigenvalue weighted by Gasteiger charge is -2.15. The Morgan fingerprint density at radius 1 is 1.46 bits per heavy atom. The minimum absolute atomic E-state index is 0.278. The molecule has 0 amide bonds. The summed E-state index contributed by atoms with van der Waals surface area (Å²) in [7, 11) is 1.69. The Labute approximate surface area is 87.2 Å². The van der Waals surface area contributed by atoms with Crippen LogP contribution in [0.3, 0.4) is 0 Å². The quantitative estimate of drug-likeness (QED) is 0.880. The molecule has 2 N–H and O–H groups in total. The van der Waals surface area contributed by atoms with Crippen molar-refractivity contribution in [2.75, 3.05) is 20.3 Å². The van der Waals surface area contributed by atoms with E-state index in [1.54, 1.807) is 7.11 Å². The van der Waals surface area contributed by atoms with Crippen molar-refractivity contribution < 1.29 is 4.74 Å². The predicted molar refractivity (Wildman–Crippen MR) is 57.8 cm³/mol. The molecule has 13 heavy (non-hydrogen) atoms. The maximum Gasteiger partial charge on any atom is 0.0543 e. The van der Waals surface area contributed by atoms with Gasteiger partial charge >= 0.3 is 0 Å². The van der Waals surface area contributed by atoms with Crippen molar-refractivity contribution >= 4 is 15.9 Å². The Morgan fingerprint density at radius 3 is 2.69 bits per heavy atom. The van der Waals surface area contributed by atoms with Crippen LogP contribution in [0.1, 0.15) is 11.5 Å². The lowest BCUT2D eigenvalue weighted by Crippen LogP contribution is -2.17. The van der Waals surface area contributed by atoms with E-state index in [-0.39, 0.29) is 5.92 Å². The van der Waals surface area contributed by atoms with E-state index in [1.807, 2.05) is 18.2 Å². The molecule has 0 saturated carbocycles. The highest BCUT2D eigenvalue weighted by Crippen LogP contribution is 2.24. The molecule has 1 rings (SSSR count). The maximum absolute atomic E-state index is 5.66. The van der Waals surface area contributed by atoms with Crippen molar-refractivity contribution in [2.24, 2.45) is 5.73 Å². The Balaban J connectivity index is 2.84. The molecule has 0 aliphatic rings. The Kier molecular flexibility index (Phi) is 4.42. The highest BCUT2D eigenvalue weighted by atomic mass is 79.9. The second kappa shape index (κ2) is 5.37. The fourth-order valence-electron chi connectivity index (χ4n) is 1.29. The SMILES string of the molecule is COCC(CN)c1ccccc1Br. The van der Waals surface area contributed by atoms with Crippen molar-refractivity contribution in [1.29, 1.82) is 0 Å². The summed E-state index contributed by atoms with van der Waals surface area (Å²) in [5.41, 5.74) is 6.87. The molecule has 2 nitrogen and oxygen atoms in total. The highest BCUT2D eigenvalue weighted by Gasteiger charge is 2.11. The van der Waals surface area contributed by atoms with Crippen LogP contribution in [-0.4, -0.2) is 20.3 Å². The fraction of sp³-hybridized carbons (Fsp3) is 0.400. The number of ether oxygens (including phenoxy) is 1. The monoisotopic (exact) mass is 243 g/mol. The average molecular weight is 244 g/mol. The van der Waals surface area contributed by atoms with Crippen molar-refractivity contribution in [3.8, 4) is 0 Å². The molecule has 0 fully saturated rings. The van der Waals surface area contributed by atoms with Crippen LogP contribution >= 0.6 is 15.9 Å². The van der Waals surface area contributed by atoms with Crippen LogP contribution in [-0.2, 0) is 4.74 Å². The van der Waals surface area contributed by atoms with Gasteiger partial charge in [0.2, 0.25) is 0 Å². The molecule has 0 spiro atoms. The largest absolute Gasteiger partial charge is 0.384 e. The molecule has 3 heteroatoms. The predicted octanol–water partition coefficient (Wildman–Crippen LogP) is 2.14. The summed E-state index contributed by atoms with van der Waals surface area (Å²) < 4.78 is 6.20. The zero-order valence-electron chi connectivity index (χ0n) is 7.66. The molecule has 0 radical (unpaired) electrons. The van der Waals surface area contributed by atoms with E-state index >= 15 is 0 Å². The molecule has 1 atom stereocenters. The normalized spacial score (nSPS) is 12.8. The van der Waals surface area contributed by atoms with Crippen LogP contribution in [0.15, 0.2) is 28.7 Å². The summed E-state index contributed by atoms with van der Waals surface area (Å²) in [5, 5.41) is 0. The number of hydrogen-bond donors (Lipinski definition) is 1. The molecule has 0 heterocycles. The van der Waals surface area contributed by atoms with E-state index < -0.39 is 0 Å². The van der Waals surface area contributed by atoms with Gasteiger partial charge in [0.25, 0.3) is 0 Å². The number of halogens is 1. The molecule has 1 aromatic carbocycles. The van der Waals surface area contributed by atoms with Crippen LogP contribution in [0.25, 0.3) is 0 Å². The molecular weight excluding hydrogens is 230 g/mol. The van der Waals surface area contributed by atoms with Crippen molar-refractivity contribution in [2.45, 2.75) is 5.92 Å². The first-order chi connectivity index (χ1) is 6.29. The van der Waals surface area contributed by atoms with E-state index in [0.717, 1.165) is 4.47 Å². The Bertz CT molecular complexity index is 265. The van der Waals surface area contributed by atoms with Gasteiger partial charge in [-0.15, -0.1) is 0 Å². The highest BCUT2D eigenvalue weighted by molar-refractivity contribution is 9.10. The smallest absolute Gasteiger partial charge is 0.0543 e. The van der Waals surface area contributed by atoms with E-state index in [4.69, 9.17) is 10.5 Å². The molecule has 72 valence electrons. The van der Waals surface area contributed by atoms with Gasteiger partial charge in [-0.2, -0.15) is 0 Å². The fourth-order valence-corrected chi connectivity index (χ4v) is 1.90. The summed E-state index contributed by atoms with van der Waals surface area (Å²) in [6.07, 6.45) is 0. The molecule has 0 aromatic heterocycles. The number of rotatable bonds is 4. The summed E-state index contributed by atoms with van der Waals surface area (Å²) in [4.78, 5) is 0. The third kappa shape index (κ3) is 2.79. The summed E-state index contributed by atoms with van der Waals surface area (Å²) in [5.74, 6) is 0.278. The first-order valence-electron chi connectivity index (χ1n) is 4.23. The molecule has 1 aromatic rings. The lowest BCUT2D eigenvalue weighted by atomic mass is 10.0. The van der Waals surface area contributed by atoms with E-state index in [9.17, 15) is 0 Å². The maximum atomic E-state index is 5.66. The van der Waals surface area contributed by atoms with Crippen LogP contribution < -0.4 is 5.73 Å². The standard InChI is InChI=1S/C10H14BrNO/c1-13-7-8(6-12)9-4-2-3-5-10(9)11/h2-5,8H,6-7,12H2,1H3. The molecule has 0 aliphatic heterocycles. The number of nitrogens with two attached hydrogens (primary N) is 1. The topological polar surface area (TPSA) is 35.2 Å². The zero-order valence-corrected chi connectivity index (χ0v) is 9.25. The third-order valence-corrected chi connectivity index (χ3v) is 2.72. The summed E-state index contributed by atoms with van der Waals surface area (Å²) in [6, 6.07) is 8.10. The summed E-state index contributed by atoms with van der Waals surface area (Å²) in [6.45, 7) is 1.27. The molecule has 1 unspecified atom stereocenters. The van der Waals surface area contributed by atoms with Gasteiger partial charge in [-0.25, -0.2) is 0 Å². The Morgan fingerprint density at radius 2 is 2.15 bits per heavy atom. The first kappa shape index (κ1) is 10.7. The average Bonchev–Trinajstić information content (AvgIpc) is 2.16. The van der Waals surface area contributed by atoms with Crippen LogP contribution in [0.2, 0.25) is 0 Å². The van der Waals surface area contributed by atoms with E-state index in [2.05, 4.69) is 22.0 Å². The first-order valence-corrected chi connectivity index (χ1v) is 5.02. The zero-order chi connectivity index (χ0) is 9.68. The molecule has 0 saturated heterocycles. The third-order valence-electron chi connectivity index (χ3n) is 2.00. The van der Waals surface area contributed by atoms with Crippen LogP contribution in [0.4, 0.5) is 0 Å². The second-order valence-electron chi connectivity index (χ2n) is 2.91. The van der Waals surface area contributed by atoms with Gasteiger partial charge in [0.1, 0.15) is 0 Å². The Hall–Kier alpha value is -0.380. The van der Waals surface area contributed by atoms with Crippen molar-refractivity contribution in [1.82, 2.24) is 0 Å².